The zero-order valence-electron chi connectivity index (χ0n) is 17.3. The van der Waals surface area contributed by atoms with Crippen molar-refractivity contribution in [3.63, 3.8) is 0 Å². The molecule has 0 aromatic carbocycles. The second kappa shape index (κ2) is 11.0. The second-order valence-corrected chi connectivity index (χ2v) is 114. The number of hydrogen-bond acceptors (Lipinski definition) is 0. The van der Waals surface area contributed by atoms with Gasteiger partial charge in [0.05, 0.1) is 0 Å². The summed E-state index contributed by atoms with van der Waals surface area (Å²) in [5.74, 6) is 0. The standard InChI is InChI=1S/C18H45AsGe3/c1-10-20(11-2,12-3)19(21(13-4,14-5)15-6)22(16-7,17-8)18-9/h10-18H2,1-9H3. The van der Waals surface area contributed by atoms with Crippen molar-refractivity contribution in [1.82, 2.24) is 0 Å². The molecule has 0 rings (SSSR count). The SMILES string of the molecule is C[CH2][Ge]([CH2]C)([CH2]C)[As]([Ge]([CH2]C)([CH2]C)[CH2]C)[Ge]([CH2]C)([CH2]C)[CH2]C. The van der Waals surface area contributed by atoms with Crippen LogP contribution in [-0.2, 0) is 0 Å². The van der Waals surface area contributed by atoms with Crippen molar-refractivity contribution in [2.24, 2.45) is 0 Å². The molecule has 0 fully saturated rings. The summed E-state index contributed by atoms with van der Waals surface area (Å²) in [4.78, 5) is 0. The molecule has 4 heteroatoms. The minimum absolute atomic E-state index is 0.516. The summed E-state index contributed by atoms with van der Waals surface area (Å²) in [7, 11) is -0.516. The normalized spacial score (nSPS) is 13.9. The molecule has 0 saturated carbocycles. The van der Waals surface area contributed by atoms with Gasteiger partial charge in [-0.2, -0.15) is 0 Å². The van der Waals surface area contributed by atoms with Crippen LogP contribution in [-0.4, -0.2) is 42.4 Å². The molecule has 22 heavy (non-hydrogen) atoms. The molecule has 134 valence electrons. The van der Waals surface area contributed by atoms with Gasteiger partial charge in [-0.05, 0) is 0 Å². The van der Waals surface area contributed by atoms with Crippen LogP contribution in [0.2, 0.25) is 47.3 Å². The average Bonchev–Trinajstić information content (AvgIpc) is 2.60. The molecule has 0 aliphatic carbocycles. The topological polar surface area (TPSA) is 0 Å². The molecule has 0 nitrogen and oxygen atoms in total. The van der Waals surface area contributed by atoms with E-state index in [0.29, 0.717) is 0 Å². The van der Waals surface area contributed by atoms with Crippen molar-refractivity contribution in [2.45, 2.75) is 110 Å². The second-order valence-electron chi connectivity index (χ2n) is 7.19. The molecule has 0 atom stereocenters. The van der Waals surface area contributed by atoms with Crippen LogP contribution in [0.15, 0.2) is 0 Å². The average molecular weight is 554 g/mol. The minimum atomic E-state index is -1.55. The van der Waals surface area contributed by atoms with Crippen molar-refractivity contribution < 1.29 is 0 Å². The molecular formula is C18H45AsGe3. The summed E-state index contributed by atoms with van der Waals surface area (Å²) in [5, 5.41) is 15.2. The molecule has 0 aromatic heterocycles. The molecule has 0 spiro atoms. The van der Waals surface area contributed by atoms with Crippen LogP contribution in [0.5, 0.6) is 0 Å². The maximum absolute atomic E-state index is 2.64. The van der Waals surface area contributed by atoms with E-state index < -0.39 is 42.4 Å². The van der Waals surface area contributed by atoms with Gasteiger partial charge in [-0.25, -0.2) is 0 Å². The molecular weight excluding hydrogens is 509 g/mol. The van der Waals surface area contributed by atoms with Gasteiger partial charge in [0.2, 0.25) is 0 Å². The molecule has 0 aliphatic rings. The molecule has 0 heterocycles. The molecule has 0 aromatic rings. The Morgan fingerprint density at radius 2 is 0.500 bits per heavy atom. The van der Waals surface area contributed by atoms with Gasteiger partial charge in [-0.1, -0.05) is 0 Å². The van der Waals surface area contributed by atoms with Gasteiger partial charge in [-0.15, -0.1) is 0 Å². The summed E-state index contributed by atoms with van der Waals surface area (Å²) in [5.41, 5.74) is 0. The Bertz CT molecular complexity index is 222. The Kier molecular flexibility index (Phi) is 12.1. The van der Waals surface area contributed by atoms with E-state index in [0.717, 1.165) is 0 Å². The molecule has 0 saturated heterocycles. The zero-order chi connectivity index (χ0) is 17.4. The third kappa shape index (κ3) is 4.47. The van der Waals surface area contributed by atoms with Gasteiger partial charge in [0.1, 0.15) is 0 Å². The van der Waals surface area contributed by atoms with Crippen LogP contribution in [0.1, 0.15) is 62.3 Å². The van der Waals surface area contributed by atoms with Crippen molar-refractivity contribution in [3.05, 3.63) is 0 Å². The fourth-order valence-electron chi connectivity index (χ4n) is 5.18. The molecule has 0 radical (unpaired) electrons. The molecule has 0 amide bonds. The van der Waals surface area contributed by atoms with Gasteiger partial charge in [0.25, 0.3) is 0 Å². The van der Waals surface area contributed by atoms with Gasteiger partial charge in [-0.3, -0.25) is 0 Å². The van der Waals surface area contributed by atoms with Crippen molar-refractivity contribution in [1.29, 1.82) is 0 Å². The quantitative estimate of drug-likeness (QED) is 0.223. The Labute approximate surface area is 150 Å². The van der Waals surface area contributed by atoms with E-state index in [4.69, 9.17) is 0 Å². The monoisotopic (exact) mass is 558 g/mol. The number of hydrogen-bond donors (Lipinski definition) is 0. The first-order valence-corrected chi connectivity index (χ1v) is 41.0. The van der Waals surface area contributed by atoms with Gasteiger partial charge >= 0.3 is 152 Å². The van der Waals surface area contributed by atoms with Crippen molar-refractivity contribution >= 4 is 42.4 Å². The van der Waals surface area contributed by atoms with Gasteiger partial charge < -0.3 is 0 Å². The van der Waals surface area contributed by atoms with Gasteiger partial charge in [0.15, 0.2) is 0 Å². The predicted octanol–water partition coefficient (Wildman–Crippen LogP) is 7.24. The molecule has 0 bridgehead atoms. The Hall–Kier alpha value is 2.19. The van der Waals surface area contributed by atoms with Crippen molar-refractivity contribution in [3.8, 4) is 0 Å². The van der Waals surface area contributed by atoms with Crippen LogP contribution in [0.3, 0.4) is 0 Å². The third-order valence-electron chi connectivity index (χ3n) is 7.35. The summed E-state index contributed by atoms with van der Waals surface area (Å²) >= 11 is -4.64. The van der Waals surface area contributed by atoms with E-state index in [1.54, 1.807) is 47.3 Å². The summed E-state index contributed by atoms with van der Waals surface area (Å²) < 4.78 is 0. The Morgan fingerprint density at radius 3 is 0.591 bits per heavy atom. The number of rotatable bonds is 12. The fraction of sp³-hybridized carbons (Fsp3) is 1.00. The molecule has 0 N–H and O–H groups in total. The van der Waals surface area contributed by atoms with Gasteiger partial charge in [0, 0.05) is 0 Å². The van der Waals surface area contributed by atoms with Crippen molar-refractivity contribution in [2.75, 3.05) is 0 Å². The summed E-state index contributed by atoms with van der Waals surface area (Å²) in [6, 6.07) is 0. The Morgan fingerprint density at radius 1 is 0.364 bits per heavy atom. The molecule has 0 unspecified atom stereocenters. The molecule has 0 aliphatic heterocycles. The summed E-state index contributed by atoms with van der Waals surface area (Å²) in [6.07, 6.45) is 0. The van der Waals surface area contributed by atoms with Crippen LogP contribution >= 0.6 is 0 Å². The van der Waals surface area contributed by atoms with E-state index in [1.807, 2.05) is 0 Å². The first kappa shape index (κ1) is 24.2. The first-order valence-electron chi connectivity index (χ1n) is 10.2. The van der Waals surface area contributed by atoms with Crippen LogP contribution in [0.25, 0.3) is 0 Å². The van der Waals surface area contributed by atoms with E-state index in [-0.39, 0.29) is 0 Å². The predicted molar refractivity (Wildman–Crippen MR) is 117 cm³/mol. The van der Waals surface area contributed by atoms with E-state index in [1.165, 1.54) is 0 Å². The van der Waals surface area contributed by atoms with E-state index in [9.17, 15) is 0 Å². The zero-order valence-corrected chi connectivity index (χ0v) is 25.5. The third-order valence-corrected chi connectivity index (χ3v) is 261. The van der Waals surface area contributed by atoms with Crippen LogP contribution < -0.4 is 0 Å². The van der Waals surface area contributed by atoms with E-state index >= 15 is 0 Å². The van der Waals surface area contributed by atoms with E-state index in [2.05, 4.69) is 62.3 Å². The summed E-state index contributed by atoms with van der Waals surface area (Å²) in [6.45, 7) is 23.7. The fourth-order valence-corrected chi connectivity index (χ4v) is 423. The van der Waals surface area contributed by atoms with Crippen LogP contribution in [0, 0.1) is 0 Å². The first-order chi connectivity index (χ1) is 10.4. The maximum atomic E-state index is 2.64. The Balaban J connectivity index is 6.42. The van der Waals surface area contributed by atoms with Crippen LogP contribution in [0.4, 0.5) is 0 Å².